The number of ether oxygens (including phenoxy) is 1. The van der Waals surface area contributed by atoms with E-state index in [0.29, 0.717) is 19.0 Å². The topological polar surface area (TPSA) is 71.4 Å². The molecular formula is C20H22N4O2. The van der Waals surface area contributed by atoms with E-state index in [9.17, 15) is 5.11 Å². The molecule has 0 spiro atoms. The van der Waals surface area contributed by atoms with Crippen LogP contribution in [-0.4, -0.2) is 46.4 Å². The van der Waals surface area contributed by atoms with Crippen molar-refractivity contribution in [1.82, 2.24) is 15.0 Å². The van der Waals surface area contributed by atoms with Crippen LogP contribution < -0.4 is 4.90 Å². The number of aryl methyl sites for hydroxylation is 1. The van der Waals surface area contributed by atoms with Gasteiger partial charge in [-0.1, -0.05) is 25.5 Å². The van der Waals surface area contributed by atoms with Crippen LogP contribution in [0.25, 0.3) is 22.4 Å². The molecule has 1 aliphatic heterocycles. The quantitative estimate of drug-likeness (QED) is 0.779. The predicted octanol–water partition coefficient (Wildman–Crippen LogP) is 3.19. The number of pyridine rings is 1. The number of benzene rings is 1. The Morgan fingerprint density at radius 2 is 2.00 bits per heavy atom. The van der Waals surface area contributed by atoms with Gasteiger partial charge in [0.05, 0.1) is 18.7 Å². The second-order valence-electron chi connectivity index (χ2n) is 6.48. The van der Waals surface area contributed by atoms with Crippen molar-refractivity contribution in [2.24, 2.45) is 0 Å². The lowest BCUT2D eigenvalue weighted by Gasteiger charge is -2.28. The van der Waals surface area contributed by atoms with E-state index in [0.717, 1.165) is 48.3 Å². The summed E-state index contributed by atoms with van der Waals surface area (Å²) >= 11 is 0. The molecule has 26 heavy (non-hydrogen) atoms. The van der Waals surface area contributed by atoms with Crippen LogP contribution in [0.3, 0.4) is 0 Å². The Labute approximate surface area is 152 Å². The molecule has 6 nitrogen and oxygen atoms in total. The zero-order valence-electron chi connectivity index (χ0n) is 14.9. The van der Waals surface area contributed by atoms with E-state index in [2.05, 4.69) is 22.9 Å². The summed E-state index contributed by atoms with van der Waals surface area (Å²) in [4.78, 5) is 16.4. The summed E-state index contributed by atoms with van der Waals surface area (Å²) in [5.41, 5.74) is 3.62. The first kappa shape index (κ1) is 16.7. The Morgan fingerprint density at radius 1 is 1.15 bits per heavy atom. The number of fused-ring (bicyclic) bond motifs is 1. The molecule has 4 rings (SSSR count). The maximum atomic E-state index is 9.82. The first-order valence-electron chi connectivity index (χ1n) is 9.03. The van der Waals surface area contributed by atoms with Crippen LogP contribution >= 0.6 is 0 Å². The van der Waals surface area contributed by atoms with Gasteiger partial charge in [-0.15, -0.1) is 0 Å². The smallest absolute Gasteiger partial charge is 0.162 e. The zero-order valence-corrected chi connectivity index (χ0v) is 14.9. The fourth-order valence-corrected chi connectivity index (χ4v) is 3.24. The third-order valence-electron chi connectivity index (χ3n) is 4.53. The Bertz CT molecular complexity index is 923. The van der Waals surface area contributed by atoms with Gasteiger partial charge in [-0.25, -0.2) is 9.97 Å². The van der Waals surface area contributed by atoms with E-state index < -0.39 is 0 Å². The molecule has 1 saturated heterocycles. The lowest BCUT2D eigenvalue weighted by atomic mass is 10.1. The van der Waals surface area contributed by atoms with E-state index in [1.807, 2.05) is 12.3 Å². The summed E-state index contributed by atoms with van der Waals surface area (Å²) in [6.45, 7) is 5.08. The summed E-state index contributed by atoms with van der Waals surface area (Å²) in [7, 11) is 0. The van der Waals surface area contributed by atoms with E-state index in [-0.39, 0.29) is 5.75 Å². The van der Waals surface area contributed by atoms with Gasteiger partial charge in [0.1, 0.15) is 11.3 Å². The van der Waals surface area contributed by atoms with Crippen LogP contribution in [0.2, 0.25) is 0 Å². The summed E-state index contributed by atoms with van der Waals surface area (Å²) in [6, 6.07) is 9.15. The second kappa shape index (κ2) is 7.25. The SMILES string of the molecule is CCCc1cnc2c(N3CCOCC3)nc(-c3cccc(O)c3)nc2c1. The minimum Gasteiger partial charge on any atom is -0.508 e. The standard InChI is InChI=1S/C20H22N4O2/c1-2-4-14-11-17-18(21-13-14)20(24-7-9-26-10-8-24)23-19(22-17)15-5-3-6-16(25)12-15/h3,5-6,11-13,25H,2,4,7-10H2,1H3. The lowest BCUT2D eigenvalue weighted by Crippen LogP contribution is -2.37. The number of phenols is 1. The number of rotatable bonds is 4. The molecular weight excluding hydrogens is 328 g/mol. The Kier molecular flexibility index (Phi) is 4.67. The molecule has 0 unspecified atom stereocenters. The van der Waals surface area contributed by atoms with Gasteiger partial charge in [0, 0.05) is 24.8 Å². The molecule has 2 aromatic heterocycles. The number of morpholine rings is 1. The third-order valence-corrected chi connectivity index (χ3v) is 4.53. The van der Waals surface area contributed by atoms with Gasteiger partial charge in [-0.05, 0) is 30.2 Å². The van der Waals surface area contributed by atoms with Crippen molar-refractivity contribution < 1.29 is 9.84 Å². The molecule has 1 aliphatic rings. The number of aromatic hydroxyl groups is 1. The number of aromatic nitrogens is 3. The van der Waals surface area contributed by atoms with E-state index in [1.165, 1.54) is 5.56 Å². The summed E-state index contributed by atoms with van der Waals surface area (Å²) in [5.74, 6) is 1.64. The average Bonchev–Trinajstić information content (AvgIpc) is 2.68. The van der Waals surface area contributed by atoms with E-state index in [1.54, 1.807) is 18.2 Å². The van der Waals surface area contributed by atoms with Crippen LogP contribution in [0.5, 0.6) is 5.75 Å². The molecule has 3 aromatic rings. The Hall–Kier alpha value is -2.73. The molecule has 6 heteroatoms. The number of nitrogens with zero attached hydrogens (tertiary/aromatic N) is 4. The van der Waals surface area contributed by atoms with Gasteiger partial charge in [0.25, 0.3) is 0 Å². The highest BCUT2D eigenvalue weighted by Crippen LogP contribution is 2.28. The molecule has 0 amide bonds. The van der Waals surface area contributed by atoms with Gasteiger partial charge in [0.15, 0.2) is 11.6 Å². The molecule has 1 N–H and O–H groups in total. The minimum atomic E-state index is 0.206. The largest absolute Gasteiger partial charge is 0.508 e. The number of hydrogen-bond donors (Lipinski definition) is 1. The summed E-state index contributed by atoms with van der Waals surface area (Å²) in [5, 5.41) is 9.82. The summed E-state index contributed by atoms with van der Waals surface area (Å²) in [6.07, 6.45) is 3.96. The van der Waals surface area contributed by atoms with Crippen LogP contribution in [0, 0.1) is 0 Å². The fourth-order valence-electron chi connectivity index (χ4n) is 3.24. The molecule has 0 radical (unpaired) electrons. The molecule has 1 aromatic carbocycles. The van der Waals surface area contributed by atoms with Crippen LogP contribution in [-0.2, 0) is 11.2 Å². The number of anilines is 1. The van der Waals surface area contributed by atoms with E-state index in [4.69, 9.17) is 14.7 Å². The molecule has 0 bridgehead atoms. The van der Waals surface area contributed by atoms with Crippen LogP contribution in [0.1, 0.15) is 18.9 Å². The average molecular weight is 350 g/mol. The third kappa shape index (κ3) is 3.32. The van der Waals surface area contributed by atoms with Crippen molar-refractivity contribution in [3.8, 4) is 17.1 Å². The van der Waals surface area contributed by atoms with Crippen LogP contribution in [0.4, 0.5) is 5.82 Å². The minimum absolute atomic E-state index is 0.206. The maximum absolute atomic E-state index is 9.82. The van der Waals surface area contributed by atoms with Gasteiger partial charge < -0.3 is 14.7 Å². The van der Waals surface area contributed by atoms with Gasteiger partial charge in [-0.2, -0.15) is 0 Å². The molecule has 0 saturated carbocycles. The number of hydrogen-bond acceptors (Lipinski definition) is 6. The van der Waals surface area contributed by atoms with Crippen molar-refractivity contribution >= 4 is 16.9 Å². The Morgan fingerprint density at radius 3 is 2.77 bits per heavy atom. The maximum Gasteiger partial charge on any atom is 0.162 e. The lowest BCUT2D eigenvalue weighted by molar-refractivity contribution is 0.122. The first-order chi connectivity index (χ1) is 12.7. The van der Waals surface area contributed by atoms with Crippen molar-refractivity contribution in [1.29, 1.82) is 0 Å². The molecule has 0 aliphatic carbocycles. The molecule has 3 heterocycles. The molecule has 0 atom stereocenters. The Balaban J connectivity index is 1.88. The monoisotopic (exact) mass is 350 g/mol. The fraction of sp³-hybridized carbons (Fsp3) is 0.350. The van der Waals surface area contributed by atoms with Crippen molar-refractivity contribution in [2.45, 2.75) is 19.8 Å². The highest BCUT2D eigenvalue weighted by atomic mass is 16.5. The first-order valence-corrected chi connectivity index (χ1v) is 9.03. The van der Waals surface area contributed by atoms with Crippen molar-refractivity contribution in [2.75, 3.05) is 31.2 Å². The second-order valence-corrected chi connectivity index (χ2v) is 6.48. The van der Waals surface area contributed by atoms with Crippen molar-refractivity contribution in [3.63, 3.8) is 0 Å². The van der Waals surface area contributed by atoms with Gasteiger partial charge in [0.2, 0.25) is 0 Å². The zero-order chi connectivity index (χ0) is 17.9. The predicted molar refractivity (Wildman–Crippen MR) is 101 cm³/mol. The van der Waals surface area contributed by atoms with E-state index >= 15 is 0 Å². The molecule has 1 fully saturated rings. The van der Waals surface area contributed by atoms with Crippen molar-refractivity contribution in [3.05, 3.63) is 42.1 Å². The highest BCUT2D eigenvalue weighted by Gasteiger charge is 2.19. The van der Waals surface area contributed by atoms with Gasteiger partial charge >= 0.3 is 0 Å². The highest BCUT2D eigenvalue weighted by molar-refractivity contribution is 5.88. The van der Waals surface area contributed by atoms with Gasteiger partial charge in [-0.3, -0.25) is 4.98 Å². The molecule has 134 valence electrons. The van der Waals surface area contributed by atoms with Crippen LogP contribution in [0.15, 0.2) is 36.5 Å². The normalized spacial score (nSPS) is 14.7. The summed E-state index contributed by atoms with van der Waals surface area (Å²) < 4.78 is 5.48. The number of phenolic OH excluding ortho intramolecular Hbond substituents is 1.